The fraction of sp³-hybridized carbons (Fsp3) is 0.545. The highest BCUT2D eigenvalue weighted by Crippen LogP contribution is 2.27. The average molecular weight is 247 g/mol. The lowest BCUT2D eigenvalue weighted by molar-refractivity contribution is 0.448. The quantitative estimate of drug-likeness (QED) is 0.792. The summed E-state index contributed by atoms with van der Waals surface area (Å²) < 4.78 is 3.84. The van der Waals surface area contributed by atoms with Gasteiger partial charge in [-0.25, -0.2) is 4.68 Å². The smallest absolute Gasteiger partial charge is 0.222 e. The van der Waals surface area contributed by atoms with Crippen molar-refractivity contribution in [3.05, 3.63) is 23.8 Å². The van der Waals surface area contributed by atoms with Crippen LogP contribution in [-0.2, 0) is 13.5 Å². The summed E-state index contributed by atoms with van der Waals surface area (Å²) in [5, 5.41) is 12.0. The number of aryl methyl sites for hydroxylation is 1. The lowest BCUT2D eigenvalue weighted by Crippen LogP contribution is -2.26. The molecule has 18 heavy (non-hydrogen) atoms. The van der Waals surface area contributed by atoms with Crippen LogP contribution in [0.3, 0.4) is 0 Å². The highest BCUT2D eigenvalue weighted by Gasteiger charge is 2.26. The molecule has 2 aromatic rings. The summed E-state index contributed by atoms with van der Waals surface area (Å²) in [6.45, 7) is 1.47. The first kappa shape index (κ1) is 11.2. The SMILES string of the molecule is Cn1nccc1C1CCNc2nc(CCN)nn21. The van der Waals surface area contributed by atoms with Crippen LogP contribution in [0.5, 0.6) is 0 Å². The van der Waals surface area contributed by atoms with Crippen molar-refractivity contribution in [3.8, 4) is 0 Å². The molecule has 0 radical (unpaired) electrons. The van der Waals surface area contributed by atoms with E-state index < -0.39 is 0 Å². The Morgan fingerprint density at radius 3 is 3.17 bits per heavy atom. The molecule has 96 valence electrons. The Morgan fingerprint density at radius 2 is 2.44 bits per heavy atom. The predicted octanol–water partition coefficient (Wildman–Crippen LogP) is -0.0822. The van der Waals surface area contributed by atoms with Gasteiger partial charge >= 0.3 is 0 Å². The van der Waals surface area contributed by atoms with E-state index in [0.717, 1.165) is 30.4 Å². The van der Waals surface area contributed by atoms with Crippen LogP contribution >= 0.6 is 0 Å². The molecule has 0 amide bonds. The van der Waals surface area contributed by atoms with Crippen LogP contribution in [0.1, 0.15) is 24.0 Å². The second kappa shape index (κ2) is 4.41. The second-order valence-corrected chi connectivity index (χ2v) is 4.45. The first-order chi connectivity index (χ1) is 8.79. The van der Waals surface area contributed by atoms with Crippen LogP contribution in [0, 0.1) is 0 Å². The highest BCUT2D eigenvalue weighted by atomic mass is 15.4. The molecule has 0 saturated carbocycles. The molecule has 0 bridgehead atoms. The van der Waals surface area contributed by atoms with Crippen molar-refractivity contribution in [1.29, 1.82) is 0 Å². The van der Waals surface area contributed by atoms with E-state index in [1.807, 2.05) is 28.7 Å². The van der Waals surface area contributed by atoms with E-state index in [2.05, 4.69) is 20.5 Å². The van der Waals surface area contributed by atoms with Gasteiger partial charge in [0.05, 0.1) is 11.7 Å². The lowest BCUT2D eigenvalue weighted by Gasteiger charge is -2.24. The summed E-state index contributed by atoms with van der Waals surface area (Å²) in [6, 6.07) is 2.23. The Hall–Kier alpha value is -1.89. The molecule has 0 aromatic carbocycles. The summed E-state index contributed by atoms with van der Waals surface area (Å²) >= 11 is 0. The maximum absolute atomic E-state index is 5.55. The molecule has 0 aliphatic carbocycles. The van der Waals surface area contributed by atoms with Gasteiger partial charge in [0.1, 0.15) is 0 Å². The molecule has 1 atom stereocenters. The topological polar surface area (TPSA) is 86.6 Å². The van der Waals surface area contributed by atoms with Gasteiger partial charge in [0, 0.05) is 26.2 Å². The maximum Gasteiger partial charge on any atom is 0.222 e. The fourth-order valence-corrected chi connectivity index (χ4v) is 2.37. The molecule has 1 aliphatic rings. The van der Waals surface area contributed by atoms with E-state index in [4.69, 9.17) is 5.73 Å². The molecule has 1 aliphatic heterocycles. The lowest BCUT2D eigenvalue weighted by atomic mass is 10.1. The Kier molecular flexibility index (Phi) is 2.75. The van der Waals surface area contributed by atoms with Crippen molar-refractivity contribution >= 4 is 5.95 Å². The zero-order valence-electron chi connectivity index (χ0n) is 10.4. The molecular weight excluding hydrogens is 230 g/mol. The van der Waals surface area contributed by atoms with Gasteiger partial charge in [0.2, 0.25) is 5.95 Å². The Morgan fingerprint density at radius 1 is 1.56 bits per heavy atom. The number of nitrogens with two attached hydrogens (primary N) is 1. The average Bonchev–Trinajstić information content (AvgIpc) is 2.94. The number of nitrogens with one attached hydrogen (secondary N) is 1. The van der Waals surface area contributed by atoms with E-state index in [-0.39, 0.29) is 6.04 Å². The molecule has 1 unspecified atom stereocenters. The summed E-state index contributed by atoms with van der Waals surface area (Å²) in [6.07, 6.45) is 3.51. The van der Waals surface area contributed by atoms with Crippen molar-refractivity contribution in [2.45, 2.75) is 18.9 Å². The third kappa shape index (κ3) is 1.76. The summed E-state index contributed by atoms with van der Waals surface area (Å²) in [4.78, 5) is 4.46. The van der Waals surface area contributed by atoms with Crippen molar-refractivity contribution in [2.75, 3.05) is 18.4 Å². The van der Waals surface area contributed by atoms with Crippen molar-refractivity contribution < 1.29 is 0 Å². The van der Waals surface area contributed by atoms with Gasteiger partial charge in [-0.3, -0.25) is 4.68 Å². The van der Waals surface area contributed by atoms with E-state index in [1.54, 1.807) is 0 Å². The minimum atomic E-state index is 0.202. The van der Waals surface area contributed by atoms with Crippen LogP contribution < -0.4 is 11.1 Å². The van der Waals surface area contributed by atoms with E-state index in [1.165, 1.54) is 0 Å². The number of hydrogen-bond donors (Lipinski definition) is 2. The first-order valence-corrected chi connectivity index (χ1v) is 6.17. The molecule has 7 nitrogen and oxygen atoms in total. The van der Waals surface area contributed by atoms with Gasteiger partial charge in [-0.2, -0.15) is 15.2 Å². The highest BCUT2D eigenvalue weighted by molar-refractivity contribution is 5.31. The third-order valence-corrected chi connectivity index (χ3v) is 3.24. The Labute approximate surface area is 105 Å². The molecule has 0 spiro atoms. The zero-order chi connectivity index (χ0) is 12.5. The van der Waals surface area contributed by atoms with Crippen molar-refractivity contribution in [1.82, 2.24) is 24.5 Å². The van der Waals surface area contributed by atoms with Crippen LogP contribution in [0.15, 0.2) is 12.3 Å². The van der Waals surface area contributed by atoms with Gasteiger partial charge in [-0.05, 0) is 19.0 Å². The molecule has 3 rings (SSSR count). The predicted molar refractivity (Wildman–Crippen MR) is 67.2 cm³/mol. The van der Waals surface area contributed by atoms with Crippen LogP contribution in [-0.4, -0.2) is 37.6 Å². The number of rotatable bonds is 3. The molecule has 3 heterocycles. The molecule has 0 fully saturated rings. The van der Waals surface area contributed by atoms with Crippen LogP contribution in [0.2, 0.25) is 0 Å². The fourth-order valence-electron chi connectivity index (χ4n) is 2.37. The Bertz CT molecular complexity index is 541. The monoisotopic (exact) mass is 247 g/mol. The zero-order valence-corrected chi connectivity index (χ0v) is 10.4. The second-order valence-electron chi connectivity index (χ2n) is 4.45. The van der Waals surface area contributed by atoms with E-state index in [0.29, 0.717) is 13.0 Å². The number of anilines is 1. The number of aromatic nitrogens is 5. The Balaban J connectivity index is 1.98. The molecular formula is C11H17N7. The first-order valence-electron chi connectivity index (χ1n) is 6.17. The van der Waals surface area contributed by atoms with Crippen molar-refractivity contribution in [2.24, 2.45) is 12.8 Å². The standard InChI is InChI=1S/C11H17N7/c1-17-8(4-7-14-17)9-3-6-13-11-15-10(2-5-12)16-18(9)11/h4,7,9H,2-3,5-6,12H2,1H3,(H,13,15,16). The minimum Gasteiger partial charge on any atom is -0.354 e. The van der Waals surface area contributed by atoms with Gasteiger partial charge < -0.3 is 11.1 Å². The minimum absolute atomic E-state index is 0.202. The normalized spacial score (nSPS) is 18.4. The molecule has 0 saturated heterocycles. The molecule has 2 aromatic heterocycles. The summed E-state index contributed by atoms with van der Waals surface area (Å²) in [5.74, 6) is 1.63. The maximum atomic E-state index is 5.55. The van der Waals surface area contributed by atoms with Gasteiger partial charge in [-0.15, -0.1) is 0 Å². The van der Waals surface area contributed by atoms with E-state index in [9.17, 15) is 0 Å². The number of fused-ring (bicyclic) bond motifs is 1. The van der Waals surface area contributed by atoms with Crippen LogP contribution in [0.25, 0.3) is 0 Å². The number of hydrogen-bond acceptors (Lipinski definition) is 5. The van der Waals surface area contributed by atoms with Crippen LogP contribution in [0.4, 0.5) is 5.95 Å². The third-order valence-electron chi connectivity index (χ3n) is 3.24. The molecule has 3 N–H and O–H groups in total. The summed E-state index contributed by atoms with van der Waals surface area (Å²) in [5.41, 5.74) is 6.70. The summed E-state index contributed by atoms with van der Waals surface area (Å²) in [7, 11) is 1.95. The molecule has 7 heteroatoms. The van der Waals surface area contributed by atoms with Gasteiger partial charge in [0.15, 0.2) is 5.82 Å². The van der Waals surface area contributed by atoms with Gasteiger partial charge in [0.25, 0.3) is 0 Å². The van der Waals surface area contributed by atoms with Crippen molar-refractivity contribution in [3.63, 3.8) is 0 Å². The van der Waals surface area contributed by atoms with E-state index >= 15 is 0 Å². The van der Waals surface area contributed by atoms with Gasteiger partial charge in [-0.1, -0.05) is 0 Å². The number of nitrogens with zero attached hydrogens (tertiary/aromatic N) is 5. The largest absolute Gasteiger partial charge is 0.354 e.